The van der Waals surface area contributed by atoms with E-state index in [1.54, 1.807) is 18.2 Å². The summed E-state index contributed by atoms with van der Waals surface area (Å²) in [6.45, 7) is 7.47. The number of thioether (sulfide) groups is 1. The average Bonchev–Trinajstić information content (AvgIpc) is 2.68. The van der Waals surface area contributed by atoms with Gasteiger partial charge in [-0.25, -0.2) is 4.79 Å². The highest BCUT2D eigenvalue weighted by molar-refractivity contribution is 8.00. The Morgan fingerprint density at radius 3 is 2.72 bits per heavy atom. The van der Waals surface area contributed by atoms with Crippen LogP contribution >= 0.6 is 11.8 Å². The van der Waals surface area contributed by atoms with Crippen LogP contribution in [0.1, 0.15) is 48.2 Å². The van der Waals surface area contributed by atoms with E-state index in [-0.39, 0.29) is 29.2 Å². The van der Waals surface area contributed by atoms with Gasteiger partial charge < -0.3 is 15.4 Å². The molecule has 0 fully saturated rings. The van der Waals surface area contributed by atoms with Crippen molar-refractivity contribution in [2.75, 3.05) is 17.2 Å². The van der Waals surface area contributed by atoms with Gasteiger partial charge in [-0.3, -0.25) is 9.59 Å². The number of anilines is 2. The summed E-state index contributed by atoms with van der Waals surface area (Å²) in [5, 5.41) is 5.45. The lowest BCUT2D eigenvalue weighted by Gasteiger charge is -2.21. The van der Waals surface area contributed by atoms with E-state index in [0.717, 1.165) is 21.7 Å². The number of ether oxygens (including phenoxy) is 1. The normalized spacial score (nSPS) is 15.5. The molecule has 29 heavy (non-hydrogen) atoms. The third-order valence-corrected chi connectivity index (χ3v) is 5.85. The Kier molecular flexibility index (Phi) is 6.27. The summed E-state index contributed by atoms with van der Waals surface area (Å²) in [5.74, 6) is -0.870. The van der Waals surface area contributed by atoms with Crippen LogP contribution in [0.3, 0.4) is 0 Å². The average molecular weight is 413 g/mol. The van der Waals surface area contributed by atoms with Crippen LogP contribution in [-0.4, -0.2) is 29.6 Å². The maximum atomic E-state index is 12.4. The molecule has 1 unspecified atom stereocenters. The number of para-hydroxylation sites is 1. The molecule has 2 N–H and O–H groups in total. The Morgan fingerprint density at radius 1 is 1.24 bits per heavy atom. The van der Waals surface area contributed by atoms with Gasteiger partial charge in [0.05, 0.1) is 16.5 Å². The van der Waals surface area contributed by atoms with Gasteiger partial charge in [-0.2, -0.15) is 0 Å². The number of hydrogen-bond acceptors (Lipinski definition) is 5. The van der Waals surface area contributed by atoms with Gasteiger partial charge in [-0.1, -0.05) is 32.0 Å². The quantitative estimate of drug-likeness (QED) is 0.714. The molecule has 1 heterocycles. The molecule has 0 bridgehead atoms. The number of amides is 2. The number of rotatable bonds is 5. The van der Waals surface area contributed by atoms with Crippen molar-refractivity contribution >= 4 is 40.9 Å². The Labute approximate surface area is 174 Å². The number of hydrogen-bond donors (Lipinski definition) is 2. The summed E-state index contributed by atoms with van der Waals surface area (Å²) in [6.07, 6.45) is 0. The molecule has 2 aromatic rings. The predicted octanol–water partition coefficient (Wildman–Crippen LogP) is 4.35. The minimum Gasteiger partial charge on any atom is -0.452 e. The van der Waals surface area contributed by atoms with Gasteiger partial charge in [0.15, 0.2) is 6.61 Å². The van der Waals surface area contributed by atoms with Gasteiger partial charge in [0.25, 0.3) is 5.91 Å². The molecule has 6 nitrogen and oxygen atoms in total. The molecule has 0 saturated carbocycles. The SMILES string of the molecule is Cc1cccc(C(C)C)c1NC(=O)COC(=O)c1ccc2c(c1)NC(=O)C(C)S2. The number of carbonyl (C=O) groups excluding carboxylic acids is 3. The van der Waals surface area contributed by atoms with Crippen LogP contribution < -0.4 is 10.6 Å². The molecule has 0 radical (unpaired) electrons. The highest BCUT2D eigenvalue weighted by Crippen LogP contribution is 2.36. The van der Waals surface area contributed by atoms with Crippen LogP contribution in [0.2, 0.25) is 0 Å². The van der Waals surface area contributed by atoms with Crippen LogP contribution in [0.15, 0.2) is 41.3 Å². The fourth-order valence-electron chi connectivity index (χ4n) is 3.07. The second kappa shape index (κ2) is 8.69. The van der Waals surface area contributed by atoms with E-state index in [4.69, 9.17) is 4.74 Å². The molecule has 0 aromatic heterocycles. The maximum Gasteiger partial charge on any atom is 0.338 e. The van der Waals surface area contributed by atoms with Gasteiger partial charge >= 0.3 is 5.97 Å². The number of benzene rings is 2. The van der Waals surface area contributed by atoms with Gasteiger partial charge in [-0.05, 0) is 49.1 Å². The largest absolute Gasteiger partial charge is 0.452 e. The van der Waals surface area contributed by atoms with Crippen LogP contribution in [0.4, 0.5) is 11.4 Å². The molecule has 0 spiro atoms. The third kappa shape index (κ3) is 4.79. The molecule has 2 amide bonds. The fourth-order valence-corrected chi connectivity index (χ4v) is 4.00. The first-order chi connectivity index (χ1) is 13.8. The van der Waals surface area contributed by atoms with E-state index < -0.39 is 11.9 Å². The lowest BCUT2D eigenvalue weighted by molar-refractivity contribution is -0.119. The lowest BCUT2D eigenvalue weighted by atomic mass is 9.98. The van der Waals surface area contributed by atoms with Crippen molar-refractivity contribution in [3.63, 3.8) is 0 Å². The molecule has 3 rings (SSSR count). The highest BCUT2D eigenvalue weighted by Gasteiger charge is 2.24. The Hall–Kier alpha value is -2.80. The Morgan fingerprint density at radius 2 is 2.00 bits per heavy atom. The molecule has 2 aromatic carbocycles. The number of carbonyl (C=O) groups is 3. The van der Waals surface area contributed by atoms with Crippen molar-refractivity contribution in [2.24, 2.45) is 0 Å². The van der Waals surface area contributed by atoms with Crippen molar-refractivity contribution in [2.45, 2.75) is 43.8 Å². The minimum atomic E-state index is -0.616. The lowest BCUT2D eigenvalue weighted by Crippen LogP contribution is -2.26. The predicted molar refractivity (Wildman–Crippen MR) is 115 cm³/mol. The van der Waals surface area contributed by atoms with Gasteiger partial charge in [-0.15, -0.1) is 11.8 Å². The van der Waals surface area contributed by atoms with E-state index in [1.165, 1.54) is 11.8 Å². The fraction of sp³-hybridized carbons (Fsp3) is 0.318. The van der Waals surface area contributed by atoms with E-state index in [1.807, 2.05) is 32.0 Å². The van der Waals surface area contributed by atoms with Gasteiger partial charge in [0.1, 0.15) is 0 Å². The van der Waals surface area contributed by atoms with Crippen molar-refractivity contribution in [3.05, 3.63) is 53.1 Å². The highest BCUT2D eigenvalue weighted by atomic mass is 32.2. The Bertz CT molecular complexity index is 971. The van der Waals surface area contributed by atoms with Crippen molar-refractivity contribution in [3.8, 4) is 0 Å². The zero-order chi connectivity index (χ0) is 21.1. The first-order valence-electron chi connectivity index (χ1n) is 9.44. The van der Waals surface area contributed by atoms with Gasteiger partial charge in [0, 0.05) is 10.6 Å². The second-order valence-corrected chi connectivity index (χ2v) is 8.66. The monoisotopic (exact) mass is 412 g/mol. The van der Waals surface area contributed by atoms with Crippen LogP contribution in [0.25, 0.3) is 0 Å². The summed E-state index contributed by atoms with van der Waals surface area (Å²) >= 11 is 1.44. The zero-order valence-corrected chi connectivity index (χ0v) is 17.7. The van der Waals surface area contributed by atoms with E-state index in [9.17, 15) is 14.4 Å². The number of esters is 1. The van der Waals surface area contributed by atoms with Crippen LogP contribution in [-0.2, 0) is 14.3 Å². The molecule has 1 aliphatic rings. The van der Waals surface area contributed by atoms with Gasteiger partial charge in [0.2, 0.25) is 5.91 Å². The van der Waals surface area contributed by atoms with Crippen LogP contribution in [0.5, 0.6) is 0 Å². The summed E-state index contributed by atoms with van der Waals surface area (Å²) in [5.41, 5.74) is 3.60. The molecular weight excluding hydrogens is 388 g/mol. The Balaban J connectivity index is 1.64. The topological polar surface area (TPSA) is 84.5 Å². The van der Waals surface area contributed by atoms with Crippen molar-refractivity contribution in [1.29, 1.82) is 0 Å². The smallest absolute Gasteiger partial charge is 0.338 e. The second-order valence-electron chi connectivity index (χ2n) is 7.28. The first kappa shape index (κ1) is 20.9. The summed E-state index contributed by atoms with van der Waals surface area (Å²) in [7, 11) is 0. The molecule has 7 heteroatoms. The third-order valence-electron chi connectivity index (χ3n) is 4.67. The van der Waals surface area contributed by atoms with E-state index >= 15 is 0 Å². The first-order valence-corrected chi connectivity index (χ1v) is 10.3. The maximum absolute atomic E-state index is 12.4. The number of nitrogens with one attached hydrogen (secondary N) is 2. The minimum absolute atomic E-state index is 0.105. The molecule has 1 aliphatic heterocycles. The molecular formula is C22H24N2O4S. The zero-order valence-electron chi connectivity index (χ0n) is 16.9. The number of aryl methyl sites for hydroxylation is 1. The van der Waals surface area contributed by atoms with E-state index in [0.29, 0.717) is 5.69 Å². The summed E-state index contributed by atoms with van der Waals surface area (Å²) < 4.78 is 5.17. The number of fused-ring (bicyclic) bond motifs is 1. The van der Waals surface area contributed by atoms with Crippen molar-refractivity contribution < 1.29 is 19.1 Å². The standard InChI is InChI=1S/C22H24N2O4S/c1-12(2)16-7-5-6-13(3)20(16)24-19(25)11-28-22(27)15-8-9-18-17(10-15)23-21(26)14(4)29-18/h5-10,12,14H,11H2,1-4H3,(H,23,26)(H,24,25). The molecule has 0 saturated heterocycles. The van der Waals surface area contributed by atoms with Crippen molar-refractivity contribution in [1.82, 2.24) is 0 Å². The van der Waals surface area contributed by atoms with Crippen LogP contribution in [0, 0.1) is 6.92 Å². The molecule has 1 atom stereocenters. The summed E-state index contributed by atoms with van der Waals surface area (Å²) in [6, 6.07) is 10.8. The summed E-state index contributed by atoms with van der Waals surface area (Å²) in [4.78, 5) is 37.4. The molecule has 0 aliphatic carbocycles. The van der Waals surface area contributed by atoms with E-state index in [2.05, 4.69) is 24.5 Å². The molecule has 152 valence electrons.